The van der Waals surface area contributed by atoms with Gasteiger partial charge in [0.25, 0.3) is 0 Å². The van der Waals surface area contributed by atoms with Crippen LogP contribution in [0.3, 0.4) is 0 Å². The van der Waals surface area contributed by atoms with Crippen LogP contribution in [0.1, 0.15) is 15.9 Å². The Morgan fingerprint density at radius 2 is 1.72 bits per heavy atom. The van der Waals surface area contributed by atoms with Gasteiger partial charge >= 0.3 is 5.97 Å². The maximum absolute atomic E-state index is 15.7. The smallest absolute Gasteiger partial charge is 0.341 e. The summed E-state index contributed by atoms with van der Waals surface area (Å²) in [6.45, 7) is 2.77. The van der Waals surface area contributed by atoms with E-state index in [4.69, 9.17) is 4.74 Å². The van der Waals surface area contributed by atoms with Crippen molar-refractivity contribution in [3.05, 3.63) is 82.2 Å². The Morgan fingerprint density at radius 3 is 2.31 bits per heavy atom. The molecule has 5 rings (SSSR count). The van der Waals surface area contributed by atoms with Crippen LogP contribution in [0.15, 0.2) is 59.8 Å². The van der Waals surface area contributed by atoms with Gasteiger partial charge in [-0.25, -0.2) is 19.2 Å². The number of anilines is 2. The van der Waals surface area contributed by atoms with Gasteiger partial charge < -0.3 is 29.1 Å². The monoisotopic (exact) mass is 532 g/mol. The van der Waals surface area contributed by atoms with E-state index in [1.165, 1.54) is 13.3 Å². The van der Waals surface area contributed by atoms with Crippen molar-refractivity contribution in [1.82, 2.24) is 19.4 Å². The third-order valence-electron chi connectivity index (χ3n) is 6.75. The molecule has 0 bridgehead atoms. The quantitative estimate of drug-likeness (QED) is 0.385. The number of aromatic carboxylic acids is 1. The molecule has 1 aliphatic heterocycles. The predicted molar refractivity (Wildman–Crippen MR) is 147 cm³/mol. The van der Waals surface area contributed by atoms with E-state index in [2.05, 4.69) is 9.97 Å². The molecule has 3 heterocycles. The van der Waals surface area contributed by atoms with Crippen molar-refractivity contribution in [3.8, 4) is 11.4 Å². The van der Waals surface area contributed by atoms with Crippen LogP contribution in [0.4, 0.5) is 16.0 Å². The topological polar surface area (TPSA) is 104 Å². The summed E-state index contributed by atoms with van der Waals surface area (Å²) in [6.07, 6.45) is 4.64. The number of pyridine rings is 1. The number of piperazine rings is 1. The van der Waals surface area contributed by atoms with Gasteiger partial charge in [-0.05, 0) is 43.9 Å². The number of methoxy groups -OCH3 is 1. The average molecular weight is 533 g/mol. The average Bonchev–Trinajstić information content (AvgIpc) is 2.93. The lowest BCUT2D eigenvalue weighted by Crippen LogP contribution is -2.47. The Morgan fingerprint density at radius 1 is 1.08 bits per heavy atom. The van der Waals surface area contributed by atoms with E-state index >= 15 is 4.39 Å². The SMILES string of the molecule is COc1c(N2CCN(c3ncccn3)CC2)c(F)cc2c(=O)c(C(=O)O)cn(-c3ccc(CN(C)C)cc3)c12. The minimum atomic E-state index is -1.39. The molecule has 10 nitrogen and oxygen atoms in total. The summed E-state index contributed by atoms with van der Waals surface area (Å²) in [4.78, 5) is 39.7. The highest BCUT2D eigenvalue weighted by atomic mass is 19.1. The van der Waals surface area contributed by atoms with Gasteiger partial charge in [-0.2, -0.15) is 0 Å². The summed E-state index contributed by atoms with van der Waals surface area (Å²) < 4.78 is 23.1. The van der Waals surface area contributed by atoms with Gasteiger partial charge in [0.15, 0.2) is 11.6 Å². The maximum Gasteiger partial charge on any atom is 0.341 e. The van der Waals surface area contributed by atoms with Crippen LogP contribution in [0, 0.1) is 5.82 Å². The van der Waals surface area contributed by atoms with Crippen LogP contribution in [-0.2, 0) is 6.54 Å². The third kappa shape index (κ3) is 5.00. The Kier molecular flexibility index (Phi) is 7.16. The fourth-order valence-electron chi connectivity index (χ4n) is 4.97. The van der Waals surface area contributed by atoms with Crippen molar-refractivity contribution in [2.45, 2.75) is 6.54 Å². The number of carboxylic acids is 1. The third-order valence-corrected chi connectivity index (χ3v) is 6.75. The number of aromatic nitrogens is 3. The Hall–Kier alpha value is -4.51. The molecule has 0 radical (unpaired) electrons. The number of fused-ring (bicyclic) bond motifs is 1. The van der Waals surface area contributed by atoms with Crippen molar-refractivity contribution in [2.24, 2.45) is 0 Å². The number of hydrogen-bond donors (Lipinski definition) is 1. The van der Waals surface area contributed by atoms with Crippen LogP contribution < -0.4 is 20.0 Å². The van der Waals surface area contributed by atoms with Crippen molar-refractivity contribution in [3.63, 3.8) is 0 Å². The molecule has 0 atom stereocenters. The van der Waals surface area contributed by atoms with Gasteiger partial charge in [-0.1, -0.05) is 12.1 Å². The summed E-state index contributed by atoms with van der Waals surface area (Å²) >= 11 is 0. The van der Waals surface area contributed by atoms with E-state index < -0.39 is 22.8 Å². The molecule has 1 fully saturated rings. The van der Waals surface area contributed by atoms with Crippen LogP contribution >= 0.6 is 0 Å². The highest BCUT2D eigenvalue weighted by molar-refractivity contribution is 5.97. The first-order chi connectivity index (χ1) is 18.8. The van der Waals surface area contributed by atoms with Crippen molar-refractivity contribution >= 4 is 28.5 Å². The number of carbonyl (C=O) groups is 1. The lowest BCUT2D eigenvalue weighted by molar-refractivity contribution is 0.0695. The zero-order valence-corrected chi connectivity index (χ0v) is 22.0. The molecular formula is C28H29FN6O4. The molecule has 1 saturated heterocycles. The first-order valence-electron chi connectivity index (χ1n) is 12.5. The molecule has 2 aromatic heterocycles. The van der Waals surface area contributed by atoms with E-state index in [1.807, 2.05) is 53.1 Å². The molecule has 1 aliphatic rings. The first kappa shape index (κ1) is 26.1. The summed E-state index contributed by atoms with van der Waals surface area (Å²) in [6, 6.07) is 10.4. The molecular weight excluding hydrogens is 503 g/mol. The number of benzene rings is 2. The van der Waals surface area contributed by atoms with E-state index in [9.17, 15) is 14.7 Å². The predicted octanol–water partition coefficient (Wildman–Crippen LogP) is 3.01. The van der Waals surface area contributed by atoms with Crippen LogP contribution in [0.5, 0.6) is 5.75 Å². The molecule has 4 aromatic rings. The van der Waals surface area contributed by atoms with Gasteiger partial charge in [0.1, 0.15) is 16.8 Å². The lowest BCUT2D eigenvalue weighted by atomic mass is 10.1. The van der Waals surface area contributed by atoms with Crippen LogP contribution in [0.2, 0.25) is 0 Å². The number of ether oxygens (including phenoxy) is 1. The van der Waals surface area contributed by atoms with Crippen LogP contribution in [0.25, 0.3) is 16.6 Å². The van der Waals surface area contributed by atoms with Crippen LogP contribution in [-0.4, -0.2) is 77.9 Å². The van der Waals surface area contributed by atoms with Crippen molar-refractivity contribution in [1.29, 1.82) is 0 Å². The maximum atomic E-state index is 15.7. The minimum Gasteiger partial charge on any atom is -0.492 e. The standard InChI is InChI=1S/C28H29FN6O4/c1-32(2)16-18-5-7-19(8-6-18)35-17-21(27(37)38)25(36)20-15-22(29)24(26(39-3)23(20)35)33-11-13-34(14-12-33)28-30-9-4-10-31-28/h4-10,15,17H,11-14,16H2,1-3H3,(H,37,38). The second-order valence-electron chi connectivity index (χ2n) is 9.61. The largest absolute Gasteiger partial charge is 0.492 e. The van der Waals surface area contributed by atoms with E-state index in [1.54, 1.807) is 23.0 Å². The number of rotatable bonds is 7. The van der Waals surface area contributed by atoms with Crippen molar-refractivity contribution in [2.75, 3.05) is 57.2 Å². The number of carboxylic acid groups (broad SMARTS) is 1. The molecule has 0 amide bonds. The summed E-state index contributed by atoms with van der Waals surface area (Å²) in [5.74, 6) is -1.27. The number of hydrogen-bond acceptors (Lipinski definition) is 8. The molecule has 0 aliphatic carbocycles. The fraction of sp³-hybridized carbons (Fsp3) is 0.286. The summed E-state index contributed by atoms with van der Waals surface area (Å²) in [7, 11) is 5.36. The second-order valence-corrected chi connectivity index (χ2v) is 9.61. The molecule has 202 valence electrons. The Labute approximate surface area is 224 Å². The van der Waals surface area contributed by atoms with Crippen molar-refractivity contribution < 1.29 is 19.0 Å². The molecule has 0 spiro atoms. The lowest BCUT2D eigenvalue weighted by Gasteiger charge is -2.37. The number of nitrogens with zero attached hydrogens (tertiary/aromatic N) is 6. The highest BCUT2D eigenvalue weighted by Crippen LogP contribution is 2.39. The molecule has 11 heteroatoms. The van der Waals surface area contributed by atoms with E-state index in [-0.39, 0.29) is 16.8 Å². The summed E-state index contributed by atoms with van der Waals surface area (Å²) in [5, 5.41) is 9.68. The molecule has 39 heavy (non-hydrogen) atoms. The van der Waals surface area contributed by atoms with E-state index in [0.29, 0.717) is 43.3 Å². The molecule has 1 N–H and O–H groups in total. The van der Waals surface area contributed by atoms with Gasteiger partial charge in [0.05, 0.1) is 12.5 Å². The van der Waals surface area contributed by atoms with Gasteiger partial charge in [-0.3, -0.25) is 4.79 Å². The molecule has 0 unspecified atom stereocenters. The van der Waals surface area contributed by atoms with Gasteiger partial charge in [0.2, 0.25) is 11.4 Å². The number of halogens is 1. The zero-order valence-electron chi connectivity index (χ0n) is 22.0. The van der Waals surface area contributed by atoms with E-state index in [0.717, 1.165) is 18.2 Å². The molecule has 0 saturated carbocycles. The van der Waals surface area contributed by atoms with Gasteiger partial charge in [-0.15, -0.1) is 0 Å². The highest BCUT2D eigenvalue weighted by Gasteiger charge is 2.28. The van der Waals surface area contributed by atoms with Gasteiger partial charge in [0, 0.05) is 57.0 Å². The molecule has 2 aromatic carbocycles. The normalized spacial score (nSPS) is 13.8. The summed E-state index contributed by atoms with van der Waals surface area (Å²) in [5.41, 5.74) is 0.980. The zero-order chi connectivity index (χ0) is 27.7. The first-order valence-corrected chi connectivity index (χ1v) is 12.5. The Balaban J connectivity index is 1.64. The second kappa shape index (κ2) is 10.7. The minimum absolute atomic E-state index is 0.0679. The Bertz CT molecular complexity index is 1570. The fourth-order valence-corrected chi connectivity index (χ4v) is 4.97.